The van der Waals surface area contributed by atoms with Crippen LogP contribution in [0.25, 0.3) is 10.9 Å². The highest BCUT2D eigenvalue weighted by atomic mass is 19.1. The molecule has 6 heteroatoms. The van der Waals surface area contributed by atoms with Crippen molar-refractivity contribution >= 4 is 16.9 Å². The van der Waals surface area contributed by atoms with Gasteiger partial charge in [0.1, 0.15) is 23.7 Å². The van der Waals surface area contributed by atoms with Gasteiger partial charge in [-0.05, 0) is 6.07 Å². The summed E-state index contributed by atoms with van der Waals surface area (Å²) in [5, 5.41) is 0.0231. The van der Waals surface area contributed by atoms with Crippen molar-refractivity contribution in [1.29, 1.82) is 0 Å². The average molecular weight is 277 g/mol. The molecule has 1 heterocycles. The average Bonchev–Trinajstić information content (AvgIpc) is 2.45. The second kappa shape index (κ2) is 5.56. The Hall–Kier alpha value is -2.63. The summed E-state index contributed by atoms with van der Waals surface area (Å²) >= 11 is 0. The van der Waals surface area contributed by atoms with Crippen LogP contribution in [-0.2, 0) is 4.74 Å². The third-order valence-electron chi connectivity index (χ3n) is 2.69. The van der Waals surface area contributed by atoms with Crippen LogP contribution in [0.5, 0.6) is 5.75 Å². The minimum Gasteiger partial charge on any atom is -0.494 e. The van der Waals surface area contributed by atoms with Gasteiger partial charge < -0.3 is 14.5 Å². The highest BCUT2D eigenvalue weighted by Gasteiger charge is 2.16. The van der Waals surface area contributed by atoms with E-state index in [1.165, 1.54) is 19.4 Å². The quantitative estimate of drug-likeness (QED) is 0.685. The van der Waals surface area contributed by atoms with E-state index in [1.807, 2.05) is 0 Å². The molecule has 0 aliphatic rings. The Kier molecular flexibility index (Phi) is 3.84. The molecule has 1 aromatic carbocycles. The highest BCUT2D eigenvalue weighted by Crippen LogP contribution is 2.23. The van der Waals surface area contributed by atoms with E-state index in [9.17, 15) is 14.0 Å². The van der Waals surface area contributed by atoms with Gasteiger partial charge in [-0.3, -0.25) is 4.79 Å². The molecule has 0 bridgehead atoms. The summed E-state index contributed by atoms with van der Waals surface area (Å²) in [4.78, 5) is 26.6. The maximum absolute atomic E-state index is 13.4. The number of benzene rings is 1. The molecule has 0 saturated heterocycles. The molecule has 0 aliphatic carbocycles. The molecule has 1 N–H and O–H groups in total. The minimum atomic E-state index is -0.795. The molecule has 0 atom stereocenters. The van der Waals surface area contributed by atoms with Crippen LogP contribution in [0, 0.1) is 5.82 Å². The van der Waals surface area contributed by atoms with Gasteiger partial charge in [0, 0.05) is 12.3 Å². The molecule has 0 amide bonds. The minimum absolute atomic E-state index is 0.0111. The van der Waals surface area contributed by atoms with E-state index in [-0.39, 0.29) is 23.3 Å². The molecule has 1 aromatic heterocycles. The molecule has 2 aromatic rings. The van der Waals surface area contributed by atoms with E-state index in [0.29, 0.717) is 5.52 Å². The Labute approximate surface area is 113 Å². The number of carbonyl (C=O) groups excluding carboxylic acids is 1. The first-order valence-corrected chi connectivity index (χ1v) is 5.75. The van der Waals surface area contributed by atoms with E-state index >= 15 is 0 Å². The summed E-state index contributed by atoms with van der Waals surface area (Å²) in [6.07, 6.45) is 2.60. The Morgan fingerprint density at radius 1 is 1.50 bits per heavy atom. The van der Waals surface area contributed by atoms with Crippen LogP contribution < -0.4 is 10.2 Å². The standard InChI is InChI=1S/C14H12FNO4/c1-3-4-20-14(18)10-7-16-12-9(13(10)17)5-8(15)6-11(12)19-2/h3,5-7H,1,4H2,2H3,(H,16,17). The van der Waals surface area contributed by atoms with Crippen LogP contribution in [-0.4, -0.2) is 24.7 Å². The van der Waals surface area contributed by atoms with Crippen LogP contribution in [0.15, 0.2) is 35.8 Å². The molecule has 0 saturated carbocycles. The van der Waals surface area contributed by atoms with Crippen LogP contribution in [0.3, 0.4) is 0 Å². The monoisotopic (exact) mass is 277 g/mol. The SMILES string of the molecule is C=CCOC(=O)c1c[nH]c2c(OC)cc(F)cc2c1=O. The van der Waals surface area contributed by atoms with Crippen LogP contribution in [0.2, 0.25) is 0 Å². The van der Waals surface area contributed by atoms with Crippen molar-refractivity contribution in [3.8, 4) is 5.75 Å². The fourth-order valence-electron chi connectivity index (χ4n) is 1.79. The molecule has 0 spiro atoms. The topological polar surface area (TPSA) is 68.4 Å². The summed E-state index contributed by atoms with van der Waals surface area (Å²) in [5.41, 5.74) is -0.503. The fourth-order valence-corrected chi connectivity index (χ4v) is 1.79. The van der Waals surface area contributed by atoms with E-state index < -0.39 is 17.2 Å². The van der Waals surface area contributed by atoms with Crippen LogP contribution in [0.4, 0.5) is 4.39 Å². The number of rotatable bonds is 4. The maximum atomic E-state index is 13.4. The second-order valence-corrected chi connectivity index (χ2v) is 3.95. The van der Waals surface area contributed by atoms with Crippen molar-refractivity contribution in [2.45, 2.75) is 0 Å². The fraction of sp³-hybridized carbons (Fsp3) is 0.143. The van der Waals surface area contributed by atoms with Gasteiger partial charge in [-0.15, -0.1) is 0 Å². The number of ether oxygens (including phenoxy) is 2. The number of fused-ring (bicyclic) bond motifs is 1. The third-order valence-corrected chi connectivity index (χ3v) is 2.69. The number of H-pyrrole nitrogens is 1. The molecule has 0 radical (unpaired) electrons. The zero-order valence-corrected chi connectivity index (χ0v) is 10.7. The van der Waals surface area contributed by atoms with E-state index in [0.717, 1.165) is 12.1 Å². The number of hydrogen-bond acceptors (Lipinski definition) is 4. The summed E-state index contributed by atoms with van der Waals surface area (Å²) in [5.74, 6) is -1.24. The first-order chi connectivity index (χ1) is 9.58. The normalized spacial score (nSPS) is 10.3. The van der Waals surface area contributed by atoms with Crippen LogP contribution in [0.1, 0.15) is 10.4 Å². The zero-order chi connectivity index (χ0) is 14.7. The Morgan fingerprint density at radius 2 is 2.25 bits per heavy atom. The molecule has 0 fully saturated rings. The summed E-state index contributed by atoms with van der Waals surface area (Å²) in [6.45, 7) is 3.39. The summed E-state index contributed by atoms with van der Waals surface area (Å²) < 4.78 is 23.2. The van der Waals surface area contributed by atoms with E-state index in [4.69, 9.17) is 9.47 Å². The van der Waals surface area contributed by atoms with Crippen molar-refractivity contribution in [2.24, 2.45) is 0 Å². The predicted molar refractivity (Wildman–Crippen MR) is 71.6 cm³/mol. The van der Waals surface area contributed by atoms with Gasteiger partial charge in [0.15, 0.2) is 0 Å². The Bertz CT molecular complexity index is 736. The van der Waals surface area contributed by atoms with Gasteiger partial charge >= 0.3 is 5.97 Å². The van der Waals surface area contributed by atoms with Gasteiger partial charge in [0.2, 0.25) is 5.43 Å². The lowest BCUT2D eigenvalue weighted by atomic mass is 10.1. The van der Waals surface area contributed by atoms with Gasteiger partial charge in [-0.1, -0.05) is 12.7 Å². The highest BCUT2D eigenvalue weighted by molar-refractivity contribution is 5.94. The predicted octanol–water partition coefficient (Wildman–Crippen LogP) is 2.02. The van der Waals surface area contributed by atoms with Gasteiger partial charge in [-0.25, -0.2) is 9.18 Å². The molecular formula is C14H12FNO4. The molecule has 2 rings (SSSR count). The largest absolute Gasteiger partial charge is 0.494 e. The summed E-state index contributed by atoms with van der Waals surface area (Å²) in [7, 11) is 1.36. The van der Waals surface area contributed by atoms with Crippen molar-refractivity contribution in [3.63, 3.8) is 0 Å². The van der Waals surface area contributed by atoms with Gasteiger partial charge in [-0.2, -0.15) is 0 Å². The van der Waals surface area contributed by atoms with Crippen LogP contribution >= 0.6 is 0 Å². The lowest BCUT2D eigenvalue weighted by Gasteiger charge is -2.07. The van der Waals surface area contributed by atoms with Crippen molar-refractivity contribution in [3.05, 3.63) is 52.6 Å². The zero-order valence-electron chi connectivity index (χ0n) is 10.7. The molecular weight excluding hydrogens is 265 g/mol. The number of nitrogens with one attached hydrogen (secondary N) is 1. The summed E-state index contributed by atoms with van der Waals surface area (Å²) in [6, 6.07) is 2.19. The van der Waals surface area contributed by atoms with Crippen molar-refractivity contribution < 1.29 is 18.7 Å². The maximum Gasteiger partial charge on any atom is 0.343 e. The lowest BCUT2D eigenvalue weighted by molar-refractivity contribution is 0.0548. The first kappa shape index (κ1) is 13.8. The number of pyridine rings is 1. The third kappa shape index (κ3) is 2.40. The molecule has 104 valence electrons. The molecule has 0 aliphatic heterocycles. The number of methoxy groups -OCH3 is 1. The number of carbonyl (C=O) groups is 1. The lowest BCUT2D eigenvalue weighted by Crippen LogP contribution is -2.18. The van der Waals surface area contributed by atoms with Crippen molar-refractivity contribution in [1.82, 2.24) is 4.98 Å². The smallest absolute Gasteiger partial charge is 0.343 e. The second-order valence-electron chi connectivity index (χ2n) is 3.95. The van der Waals surface area contributed by atoms with Gasteiger partial charge in [0.05, 0.1) is 18.0 Å². The number of halogens is 1. The van der Waals surface area contributed by atoms with E-state index in [2.05, 4.69) is 11.6 Å². The molecule has 0 unspecified atom stereocenters. The number of esters is 1. The van der Waals surface area contributed by atoms with Crippen molar-refractivity contribution in [2.75, 3.05) is 13.7 Å². The number of aromatic amines is 1. The van der Waals surface area contributed by atoms with Gasteiger partial charge in [0.25, 0.3) is 0 Å². The first-order valence-electron chi connectivity index (χ1n) is 5.75. The Morgan fingerprint density at radius 3 is 2.90 bits per heavy atom. The Balaban J connectivity index is 2.62. The number of aromatic nitrogens is 1. The molecule has 20 heavy (non-hydrogen) atoms. The molecule has 5 nitrogen and oxygen atoms in total. The number of hydrogen-bond donors (Lipinski definition) is 1. The van der Waals surface area contributed by atoms with E-state index in [1.54, 1.807) is 0 Å².